The summed E-state index contributed by atoms with van der Waals surface area (Å²) in [6, 6.07) is -2.52. The molecule has 0 aliphatic rings. The Labute approximate surface area is 84.8 Å². The molecule has 0 bridgehead atoms. The molecule has 3 nitrogen and oxygen atoms in total. The molecule has 0 fully saturated rings. The Morgan fingerprint density at radius 1 is 1.33 bits per heavy atom. The van der Waals surface area contributed by atoms with Gasteiger partial charge < -0.3 is 10.1 Å². The summed E-state index contributed by atoms with van der Waals surface area (Å²) in [5.74, 6) is 0. The monoisotopic (exact) mass is 231 g/mol. The van der Waals surface area contributed by atoms with Gasteiger partial charge in [-0.25, -0.2) is 9.18 Å². The number of ether oxygens (including phenoxy) is 1. The largest absolute Gasteiger partial charge is 0.444 e. The maximum atomic E-state index is 12.0. The van der Waals surface area contributed by atoms with Crippen molar-refractivity contribution in [1.82, 2.24) is 5.32 Å². The van der Waals surface area contributed by atoms with Crippen LogP contribution in [0.2, 0.25) is 0 Å². The Kier molecular flexibility index (Phi) is 4.36. The van der Waals surface area contributed by atoms with E-state index in [4.69, 9.17) is 0 Å². The number of amides is 1. The summed E-state index contributed by atoms with van der Waals surface area (Å²) in [5.41, 5.74) is -0.920. The van der Waals surface area contributed by atoms with Crippen LogP contribution in [0.4, 0.5) is 22.4 Å². The molecule has 90 valence electrons. The summed E-state index contributed by atoms with van der Waals surface area (Å²) in [6.45, 7) is 2.75. The van der Waals surface area contributed by atoms with E-state index in [-0.39, 0.29) is 0 Å². The van der Waals surface area contributed by atoms with Gasteiger partial charge in [0.15, 0.2) is 6.04 Å². The van der Waals surface area contributed by atoms with Gasteiger partial charge in [0.05, 0.1) is 0 Å². The van der Waals surface area contributed by atoms with Crippen LogP contribution in [-0.2, 0) is 4.74 Å². The van der Waals surface area contributed by atoms with Gasteiger partial charge in [0.25, 0.3) is 0 Å². The molecule has 0 spiro atoms. The predicted molar refractivity (Wildman–Crippen MR) is 45.2 cm³/mol. The molecule has 0 saturated heterocycles. The van der Waals surface area contributed by atoms with Crippen molar-refractivity contribution in [3.8, 4) is 0 Å². The number of carbonyl (C=O) groups excluding carboxylic acids is 1. The maximum Gasteiger partial charge on any atom is 0.411 e. The minimum atomic E-state index is -4.81. The third kappa shape index (κ3) is 6.14. The minimum absolute atomic E-state index is 0.920. The van der Waals surface area contributed by atoms with Crippen molar-refractivity contribution < 1.29 is 27.1 Å². The van der Waals surface area contributed by atoms with E-state index in [1.165, 1.54) is 26.1 Å². The highest BCUT2D eigenvalue weighted by Gasteiger charge is 2.41. The second-order valence-corrected chi connectivity index (χ2v) is 3.89. The van der Waals surface area contributed by atoms with Gasteiger partial charge in [-0.1, -0.05) is 0 Å². The van der Waals surface area contributed by atoms with Gasteiger partial charge in [-0.15, -0.1) is 0 Å². The zero-order valence-corrected chi connectivity index (χ0v) is 8.61. The van der Waals surface area contributed by atoms with Crippen molar-refractivity contribution in [3.63, 3.8) is 0 Å². The highest BCUT2D eigenvalue weighted by atomic mass is 19.4. The average Bonchev–Trinajstić information content (AvgIpc) is 1.94. The van der Waals surface area contributed by atoms with Gasteiger partial charge in [-0.05, 0) is 20.8 Å². The molecule has 0 aliphatic heterocycles. The van der Waals surface area contributed by atoms with Crippen LogP contribution in [0.3, 0.4) is 0 Å². The van der Waals surface area contributed by atoms with Crippen molar-refractivity contribution in [1.29, 1.82) is 0 Å². The summed E-state index contributed by atoms with van der Waals surface area (Å²) in [4.78, 5) is 10.9. The summed E-state index contributed by atoms with van der Waals surface area (Å²) in [7, 11) is 0. The third-order valence-electron chi connectivity index (χ3n) is 1.24. The van der Waals surface area contributed by atoms with E-state index >= 15 is 0 Å². The van der Waals surface area contributed by atoms with Gasteiger partial charge in [-0.3, -0.25) is 0 Å². The highest BCUT2D eigenvalue weighted by molar-refractivity contribution is 5.68. The van der Waals surface area contributed by atoms with Gasteiger partial charge >= 0.3 is 12.3 Å². The van der Waals surface area contributed by atoms with Crippen molar-refractivity contribution in [2.45, 2.75) is 38.6 Å². The molecule has 0 saturated carbocycles. The summed E-state index contributed by atoms with van der Waals surface area (Å²) in [5, 5.41) is 1.40. The molecule has 0 aromatic heterocycles. The molecular weight excluding hydrogens is 218 g/mol. The van der Waals surface area contributed by atoms with E-state index in [1.807, 2.05) is 0 Å². The van der Waals surface area contributed by atoms with E-state index in [9.17, 15) is 22.4 Å². The fourth-order valence-electron chi connectivity index (χ4n) is 0.658. The van der Waals surface area contributed by atoms with Gasteiger partial charge in [0.1, 0.15) is 12.3 Å². The number of hydrogen-bond donors (Lipinski definition) is 1. The fraction of sp³-hybridized carbons (Fsp3) is 0.875. The third-order valence-corrected chi connectivity index (χ3v) is 1.24. The smallest absolute Gasteiger partial charge is 0.411 e. The number of rotatable bonds is 2. The minimum Gasteiger partial charge on any atom is -0.444 e. The number of nitrogens with one attached hydrogen (secondary N) is 1. The Hall–Kier alpha value is -1.01. The molecule has 0 radical (unpaired) electrons. The predicted octanol–water partition coefficient (Wildman–Crippen LogP) is 2.41. The van der Waals surface area contributed by atoms with E-state index in [0.717, 1.165) is 0 Å². The number of halogens is 4. The van der Waals surface area contributed by atoms with Gasteiger partial charge in [0.2, 0.25) is 0 Å². The Morgan fingerprint density at radius 3 is 2.07 bits per heavy atom. The zero-order chi connectivity index (χ0) is 12.3. The molecule has 1 atom stereocenters. The normalized spacial score (nSPS) is 14.6. The van der Waals surface area contributed by atoms with Crippen LogP contribution in [0.1, 0.15) is 20.8 Å². The Morgan fingerprint density at radius 2 is 1.80 bits per heavy atom. The van der Waals surface area contributed by atoms with Gasteiger partial charge in [0, 0.05) is 0 Å². The van der Waals surface area contributed by atoms with E-state index < -0.39 is 30.6 Å². The molecule has 0 aromatic carbocycles. The van der Waals surface area contributed by atoms with Crippen LogP contribution < -0.4 is 5.32 Å². The number of alkyl carbamates (subject to hydrolysis) is 1. The molecule has 1 N–H and O–H groups in total. The molecule has 0 aliphatic carbocycles. The summed E-state index contributed by atoms with van der Waals surface area (Å²) in [6.07, 6.45) is -6.10. The van der Waals surface area contributed by atoms with E-state index in [0.29, 0.717) is 0 Å². The lowest BCUT2D eigenvalue weighted by Gasteiger charge is -2.23. The molecule has 0 rings (SSSR count). The standard InChI is InChI=1S/C8H13F4NO2/c1-7(2,3)15-6(14)13-5(4-9)8(10,11)12/h5H,4H2,1-3H3,(H,13,14)/t5-/m1/s1. The summed E-state index contributed by atoms with van der Waals surface area (Å²) >= 11 is 0. The van der Waals surface area contributed by atoms with Crippen molar-refractivity contribution >= 4 is 6.09 Å². The Balaban J connectivity index is 4.27. The van der Waals surface area contributed by atoms with Gasteiger partial charge in [-0.2, -0.15) is 13.2 Å². The Bertz CT molecular complexity index is 222. The van der Waals surface area contributed by atoms with Crippen LogP contribution in [0.25, 0.3) is 0 Å². The topological polar surface area (TPSA) is 38.3 Å². The quantitative estimate of drug-likeness (QED) is 0.741. The second kappa shape index (κ2) is 4.67. The first kappa shape index (κ1) is 14.0. The highest BCUT2D eigenvalue weighted by Crippen LogP contribution is 2.20. The van der Waals surface area contributed by atoms with Crippen molar-refractivity contribution in [2.75, 3.05) is 6.67 Å². The first-order valence-electron chi connectivity index (χ1n) is 4.18. The van der Waals surface area contributed by atoms with Crippen LogP contribution in [0.15, 0.2) is 0 Å². The van der Waals surface area contributed by atoms with E-state index in [2.05, 4.69) is 4.74 Å². The zero-order valence-electron chi connectivity index (χ0n) is 8.61. The number of hydrogen-bond acceptors (Lipinski definition) is 2. The lowest BCUT2D eigenvalue weighted by Crippen LogP contribution is -2.48. The maximum absolute atomic E-state index is 12.0. The molecule has 0 unspecified atom stereocenters. The fourth-order valence-corrected chi connectivity index (χ4v) is 0.658. The molecular formula is C8H13F4NO2. The first-order chi connectivity index (χ1) is 6.56. The molecule has 7 heteroatoms. The molecule has 1 amide bonds. The second-order valence-electron chi connectivity index (χ2n) is 3.89. The first-order valence-corrected chi connectivity index (χ1v) is 4.18. The van der Waals surface area contributed by atoms with Crippen LogP contribution in [0, 0.1) is 0 Å². The lowest BCUT2D eigenvalue weighted by atomic mass is 10.2. The lowest BCUT2D eigenvalue weighted by molar-refractivity contribution is -0.158. The average molecular weight is 231 g/mol. The molecule has 0 heterocycles. The van der Waals surface area contributed by atoms with Crippen LogP contribution in [-0.4, -0.2) is 30.6 Å². The van der Waals surface area contributed by atoms with Crippen LogP contribution >= 0.6 is 0 Å². The number of carbonyl (C=O) groups is 1. The number of alkyl halides is 4. The SMILES string of the molecule is CC(C)(C)OC(=O)N[C@H](CF)C(F)(F)F. The van der Waals surface area contributed by atoms with Crippen LogP contribution in [0.5, 0.6) is 0 Å². The summed E-state index contributed by atoms with van der Waals surface area (Å²) < 4.78 is 52.5. The van der Waals surface area contributed by atoms with Crippen molar-refractivity contribution in [2.24, 2.45) is 0 Å². The van der Waals surface area contributed by atoms with E-state index in [1.54, 1.807) is 0 Å². The van der Waals surface area contributed by atoms with Crippen molar-refractivity contribution in [3.05, 3.63) is 0 Å². The molecule has 15 heavy (non-hydrogen) atoms. The molecule has 0 aromatic rings.